The third-order valence-electron chi connectivity index (χ3n) is 2.07. The highest BCUT2D eigenvalue weighted by Gasteiger charge is 2.29. The molecule has 1 amide bonds. The van der Waals surface area contributed by atoms with Crippen molar-refractivity contribution in [3.63, 3.8) is 0 Å². The minimum absolute atomic E-state index is 0.141. The number of methoxy groups -OCH3 is 1. The molecule has 0 rings (SSSR count). The minimum atomic E-state index is -0.746. The molecule has 1 N–H and O–H groups in total. The summed E-state index contributed by atoms with van der Waals surface area (Å²) in [5, 5.41) is 2.40. The standard InChI is InChI=1S/C13H23NO4S/c1-7-8-19-9(2)10(11(15)17-6)14-12(16)18-13(3,4)5/h7,9-10H,1,8H2,2-6H3,(H,14,16)/t9-,10-/m0/s1. The van der Waals surface area contributed by atoms with Gasteiger partial charge in [-0.25, -0.2) is 9.59 Å². The number of alkyl carbamates (subject to hydrolysis) is 1. The van der Waals surface area contributed by atoms with Crippen LogP contribution in [0, 0.1) is 0 Å². The summed E-state index contributed by atoms with van der Waals surface area (Å²) in [5.74, 6) is 0.194. The van der Waals surface area contributed by atoms with Gasteiger partial charge in [0.1, 0.15) is 11.6 Å². The first-order valence-corrected chi connectivity index (χ1v) is 7.06. The summed E-state index contributed by atoms with van der Waals surface area (Å²) in [5.41, 5.74) is -0.609. The highest BCUT2D eigenvalue weighted by molar-refractivity contribution is 8.00. The van der Waals surface area contributed by atoms with E-state index < -0.39 is 23.7 Å². The van der Waals surface area contributed by atoms with Crippen LogP contribution in [0.4, 0.5) is 4.79 Å². The van der Waals surface area contributed by atoms with E-state index in [0.29, 0.717) is 5.75 Å². The van der Waals surface area contributed by atoms with Crippen molar-refractivity contribution in [3.8, 4) is 0 Å². The Kier molecular flexibility index (Phi) is 7.59. The Balaban J connectivity index is 4.63. The fraction of sp³-hybridized carbons (Fsp3) is 0.692. The third-order valence-corrected chi connectivity index (χ3v) is 3.30. The van der Waals surface area contributed by atoms with E-state index in [1.54, 1.807) is 26.8 Å². The average molecular weight is 289 g/mol. The number of thioether (sulfide) groups is 1. The molecule has 0 aliphatic carbocycles. The summed E-state index contributed by atoms with van der Waals surface area (Å²) in [7, 11) is 1.29. The zero-order valence-corrected chi connectivity index (χ0v) is 13.0. The molecule has 6 heteroatoms. The first-order chi connectivity index (χ1) is 8.71. The van der Waals surface area contributed by atoms with E-state index in [4.69, 9.17) is 9.47 Å². The molecule has 0 saturated heterocycles. The predicted octanol–water partition coefficient (Wildman–Crippen LogP) is 2.36. The quantitative estimate of drug-likeness (QED) is 0.600. The molecule has 0 heterocycles. The maximum Gasteiger partial charge on any atom is 0.408 e. The number of amides is 1. The van der Waals surface area contributed by atoms with Crippen molar-refractivity contribution < 1.29 is 19.1 Å². The topological polar surface area (TPSA) is 64.6 Å². The van der Waals surface area contributed by atoms with Crippen LogP contribution in [0.3, 0.4) is 0 Å². The second-order valence-corrected chi connectivity index (χ2v) is 6.38. The molecule has 5 nitrogen and oxygen atoms in total. The number of hydrogen-bond donors (Lipinski definition) is 1. The number of rotatable bonds is 6. The summed E-state index contributed by atoms with van der Waals surface area (Å²) in [4.78, 5) is 23.4. The number of hydrogen-bond acceptors (Lipinski definition) is 5. The van der Waals surface area contributed by atoms with Crippen LogP contribution in [0.15, 0.2) is 12.7 Å². The number of ether oxygens (including phenoxy) is 2. The Hall–Kier alpha value is -1.17. The molecule has 0 unspecified atom stereocenters. The Labute approximate surface area is 119 Å². The maximum atomic E-state index is 11.7. The van der Waals surface area contributed by atoms with Gasteiger partial charge in [0.05, 0.1) is 7.11 Å². The zero-order chi connectivity index (χ0) is 15.1. The van der Waals surface area contributed by atoms with Crippen molar-refractivity contribution in [2.75, 3.05) is 12.9 Å². The summed E-state index contributed by atoms with van der Waals surface area (Å²) >= 11 is 1.50. The van der Waals surface area contributed by atoms with Gasteiger partial charge in [0.2, 0.25) is 0 Å². The molecule has 0 spiro atoms. The van der Waals surface area contributed by atoms with E-state index in [1.165, 1.54) is 18.9 Å². The lowest BCUT2D eigenvalue weighted by Gasteiger charge is -2.25. The van der Waals surface area contributed by atoms with E-state index in [-0.39, 0.29) is 5.25 Å². The molecule has 19 heavy (non-hydrogen) atoms. The van der Waals surface area contributed by atoms with Gasteiger partial charge in [0.15, 0.2) is 0 Å². The van der Waals surface area contributed by atoms with Gasteiger partial charge in [-0.15, -0.1) is 6.58 Å². The van der Waals surface area contributed by atoms with Gasteiger partial charge in [-0.3, -0.25) is 0 Å². The van der Waals surface area contributed by atoms with E-state index >= 15 is 0 Å². The van der Waals surface area contributed by atoms with Crippen LogP contribution in [0.25, 0.3) is 0 Å². The second kappa shape index (κ2) is 8.09. The monoisotopic (exact) mass is 289 g/mol. The van der Waals surface area contributed by atoms with E-state index in [2.05, 4.69) is 11.9 Å². The Bertz CT molecular complexity index is 325. The number of esters is 1. The van der Waals surface area contributed by atoms with Crippen LogP contribution < -0.4 is 5.32 Å². The summed E-state index contributed by atoms with van der Waals surface area (Å²) in [6.45, 7) is 10.7. The lowest BCUT2D eigenvalue weighted by molar-refractivity contribution is -0.143. The molecule has 2 atom stereocenters. The fourth-order valence-corrected chi connectivity index (χ4v) is 2.06. The Morgan fingerprint density at radius 3 is 2.42 bits per heavy atom. The van der Waals surface area contributed by atoms with Crippen LogP contribution in [0.2, 0.25) is 0 Å². The van der Waals surface area contributed by atoms with Crippen LogP contribution in [0.1, 0.15) is 27.7 Å². The second-order valence-electron chi connectivity index (χ2n) is 4.97. The van der Waals surface area contributed by atoms with Gasteiger partial charge in [-0.05, 0) is 20.8 Å². The van der Waals surface area contributed by atoms with Crippen LogP contribution in [-0.2, 0) is 14.3 Å². The molecule has 0 fully saturated rings. The molecule has 0 aromatic carbocycles. The molecule has 0 aromatic rings. The molecule has 0 aliphatic rings. The van der Waals surface area contributed by atoms with Crippen molar-refractivity contribution in [3.05, 3.63) is 12.7 Å². The molecular formula is C13H23NO4S. The van der Waals surface area contributed by atoms with E-state index in [0.717, 1.165) is 0 Å². The molecule has 0 radical (unpaired) electrons. The lowest BCUT2D eigenvalue weighted by atomic mass is 10.2. The van der Waals surface area contributed by atoms with Crippen molar-refractivity contribution in [2.24, 2.45) is 0 Å². The van der Waals surface area contributed by atoms with Crippen LogP contribution in [-0.4, -0.2) is 41.8 Å². The molecular weight excluding hydrogens is 266 g/mol. The van der Waals surface area contributed by atoms with Gasteiger partial charge in [-0.1, -0.05) is 13.0 Å². The SMILES string of the molecule is C=CCS[C@@H](C)[C@H](NC(=O)OC(C)(C)C)C(=O)OC. The smallest absolute Gasteiger partial charge is 0.408 e. The summed E-state index contributed by atoms with van der Waals surface area (Å²) in [6, 6.07) is -0.746. The van der Waals surface area contributed by atoms with Crippen molar-refractivity contribution in [2.45, 2.75) is 44.6 Å². The Morgan fingerprint density at radius 1 is 1.42 bits per heavy atom. The normalized spacial score (nSPS) is 14.2. The number of carbonyl (C=O) groups is 2. The first kappa shape index (κ1) is 17.8. The van der Waals surface area contributed by atoms with E-state index in [9.17, 15) is 9.59 Å². The predicted molar refractivity (Wildman–Crippen MR) is 77.3 cm³/mol. The zero-order valence-electron chi connectivity index (χ0n) is 12.2. The third kappa shape index (κ3) is 7.77. The number of carbonyl (C=O) groups excluding carboxylic acids is 2. The fourth-order valence-electron chi connectivity index (χ4n) is 1.25. The highest BCUT2D eigenvalue weighted by Crippen LogP contribution is 2.16. The lowest BCUT2D eigenvalue weighted by Crippen LogP contribution is -2.48. The molecule has 110 valence electrons. The van der Waals surface area contributed by atoms with Crippen LogP contribution in [0.5, 0.6) is 0 Å². The molecule has 0 saturated carbocycles. The van der Waals surface area contributed by atoms with Crippen molar-refractivity contribution >= 4 is 23.8 Å². The van der Waals surface area contributed by atoms with Gasteiger partial charge in [0, 0.05) is 11.0 Å². The molecule has 0 aromatic heterocycles. The minimum Gasteiger partial charge on any atom is -0.467 e. The first-order valence-electron chi connectivity index (χ1n) is 6.01. The largest absolute Gasteiger partial charge is 0.467 e. The van der Waals surface area contributed by atoms with Crippen molar-refractivity contribution in [1.29, 1.82) is 0 Å². The summed E-state index contributed by atoms with van der Waals surface area (Å²) in [6.07, 6.45) is 1.11. The van der Waals surface area contributed by atoms with Gasteiger partial charge in [0.25, 0.3) is 0 Å². The number of nitrogens with one attached hydrogen (secondary N) is 1. The highest BCUT2D eigenvalue weighted by atomic mass is 32.2. The Morgan fingerprint density at radius 2 is 2.00 bits per heavy atom. The maximum absolute atomic E-state index is 11.7. The molecule has 0 bridgehead atoms. The summed E-state index contributed by atoms with van der Waals surface area (Å²) < 4.78 is 9.83. The van der Waals surface area contributed by atoms with Gasteiger partial charge >= 0.3 is 12.1 Å². The van der Waals surface area contributed by atoms with E-state index in [1.807, 2.05) is 6.92 Å². The van der Waals surface area contributed by atoms with Gasteiger partial charge in [-0.2, -0.15) is 11.8 Å². The van der Waals surface area contributed by atoms with Crippen molar-refractivity contribution in [1.82, 2.24) is 5.32 Å². The molecule has 0 aliphatic heterocycles. The average Bonchev–Trinajstić information content (AvgIpc) is 2.29. The van der Waals surface area contributed by atoms with Gasteiger partial charge < -0.3 is 14.8 Å². The van der Waals surface area contributed by atoms with Crippen LogP contribution >= 0.6 is 11.8 Å².